The molecule has 2 rings (SSSR count). The summed E-state index contributed by atoms with van der Waals surface area (Å²) >= 11 is 0. The van der Waals surface area contributed by atoms with Crippen molar-refractivity contribution in [3.05, 3.63) is 0 Å². The van der Waals surface area contributed by atoms with Crippen LogP contribution in [-0.4, -0.2) is 81.7 Å². The number of sulfonamides is 1. The number of rotatable bonds is 5. The van der Waals surface area contributed by atoms with Crippen LogP contribution >= 0.6 is 0 Å². The Hall–Kier alpha value is -0.860. The van der Waals surface area contributed by atoms with Crippen molar-refractivity contribution < 1.29 is 8.42 Å². The second-order valence-corrected chi connectivity index (χ2v) is 9.82. The van der Waals surface area contributed by atoms with E-state index in [1.165, 1.54) is 6.26 Å². The third-order valence-corrected chi connectivity index (χ3v) is 6.82. The molecule has 0 bridgehead atoms. The predicted octanol–water partition coefficient (Wildman–Crippen LogP) is 0.552. The number of hydrogen-bond donors (Lipinski definition) is 2. The minimum Gasteiger partial charge on any atom is -0.356 e. The number of hydrogen-bond acceptors (Lipinski definition) is 4. The Morgan fingerprint density at radius 2 is 1.88 bits per heavy atom. The lowest BCUT2D eigenvalue weighted by Gasteiger charge is -2.31. The van der Waals surface area contributed by atoms with E-state index in [0.717, 1.165) is 38.4 Å². The lowest BCUT2D eigenvalue weighted by atomic mass is 9.98. The SMILES string of the molecule is CN=C(NCC1CCN(S(C)(=O)=O)CC1)NC1CN(C(C)C)CC1C. The van der Waals surface area contributed by atoms with Crippen LogP contribution in [0.5, 0.6) is 0 Å². The molecule has 0 aromatic heterocycles. The van der Waals surface area contributed by atoms with Gasteiger partial charge in [-0.1, -0.05) is 6.92 Å². The predicted molar refractivity (Wildman–Crippen MR) is 103 cm³/mol. The van der Waals surface area contributed by atoms with E-state index >= 15 is 0 Å². The highest BCUT2D eigenvalue weighted by atomic mass is 32.2. The first kappa shape index (κ1) is 20.5. The number of aliphatic imine (C=N–C) groups is 1. The summed E-state index contributed by atoms with van der Waals surface area (Å²) in [6.07, 6.45) is 3.09. The number of nitrogens with one attached hydrogen (secondary N) is 2. The summed E-state index contributed by atoms with van der Waals surface area (Å²) in [6.45, 7) is 11.0. The highest BCUT2D eigenvalue weighted by Gasteiger charge is 2.31. The number of nitrogens with zero attached hydrogens (tertiary/aromatic N) is 3. The van der Waals surface area contributed by atoms with Crippen LogP contribution in [-0.2, 0) is 10.0 Å². The van der Waals surface area contributed by atoms with Crippen molar-refractivity contribution in [1.82, 2.24) is 19.8 Å². The molecule has 0 aliphatic carbocycles. The first-order valence-electron chi connectivity index (χ1n) is 9.37. The van der Waals surface area contributed by atoms with Crippen molar-refractivity contribution in [2.75, 3.05) is 46.0 Å². The van der Waals surface area contributed by atoms with E-state index in [4.69, 9.17) is 0 Å². The minimum atomic E-state index is -3.05. The Labute approximate surface area is 153 Å². The second-order valence-electron chi connectivity index (χ2n) is 7.83. The lowest BCUT2D eigenvalue weighted by molar-refractivity contribution is 0.265. The van der Waals surface area contributed by atoms with Gasteiger partial charge in [0.1, 0.15) is 0 Å². The van der Waals surface area contributed by atoms with Gasteiger partial charge in [0, 0.05) is 51.9 Å². The summed E-state index contributed by atoms with van der Waals surface area (Å²) in [4.78, 5) is 6.86. The molecule has 0 radical (unpaired) electrons. The van der Waals surface area contributed by atoms with Crippen LogP contribution in [0.1, 0.15) is 33.6 Å². The molecule has 2 N–H and O–H groups in total. The van der Waals surface area contributed by atoms with Gasteiger partial charge in [0.25, 0.3) is 0 Å². The topological polar surface area (TPSA) is 77.0 Å². The zero-order valence-corrected chi connectivity index (χ0v) is 17.1. The van der Waals surface area contributed by atoms with Crippen molar-refractivity contribution in [2.45, 2.75) is 45.7 Å². The summed E-state index contributed by atoms with van der Waals surface area (Å²) in [5.74, 6) is 1.94. The van der Waals surface area contributed by atoms with Crippen molar-refractivity contribution in [3.63, 3.8) is 0 Å². The average Bonchev–Trinajstić information content (AvgIpc) is 2.92. The normalized spacial score (nSPS) is 27.8. The highest BCUT2D eigenvalue weighted by Crippen LogP contribution is 2.19. The highest BCUT2D eigenvalue weighted by molar-refractivity contribution is 7.88. The molecule has 7 nitrogen and oxygen atoms in total. The van der Waals surface area contributed by atoms with Crippen LogP contribution in [0.3, 0.4) is 0 Å². The van der Waals surface area contributed by atoms with E-state index in [2.05, 4.69) is 41.3 Å². The first-order valence-corrected chi connectivity index (χ1v) is 11.2. The molecule has 0 amide bonds. The van der Waals surface area contributed by atoms with E-state index < -0.39 is 10.0 Å². The van der Waals surface area contributed by atoms with E-state index in [-0.39, 0.29) is 0 Å². The van der Waals surface area contributed by atoms with Crippen molar-refractivity contribution >= 4 is 16.0 Å². The molecule has 2 aliphatic rings. The van der Waals surface area contributed by atoms with Gasteiger partial charge in [0.15, 0.2) is 5.96 Å². The second kappa shape index (κ2) is 8.68. The van der Waals surface area contributed by atoms with Crippen LogP contribution in [0, 0.1) is 11.8 Å². The van der Waals surface area contributed by atoms with Crippen LogP contribution in [0.25, 0.3) is 0 Å². The van der Waals surface area contributed by atoms with Gasteiger partial charge in [-0.05, 0) is 38.5 Å². The van der Waals surface area contributed by atoms with Gasteiger partial charge in [0.05, 0.1) is 6.26 Å². The fourth-order valence-electron chi connectivity index (χ4n) is 3.67. The standard InChI is InChI=1S/C17H35N5O2S/c1-13(2)21-11-14(3)16(12-21)20-17(18-4)19-10-15-6-8-22(9-7-15)25(5,23)24/h13-16H,6-12H2,1-5H3,(H2,18,19,20). The van der Waals surface area contributed by atoms with Gasteiger partial charge in [-0.2, -0.15) is 0 Å². The number of guanidine groups is 1. The first-order chi connectivity index (χ1) is 11.7. The number of likely N-dealkylation sites (tertiary alicyclic amines) is 1. The fraction of sp³-hybridized carbons (Fsp3) is 0.941. The van der Waals surface area contributed by atoms with Crippen molar-refractivity contribution in [1.29, 1.82) is 0 Å². The van der Waals surface area contributed by atoms with Crippen LogP contribution in [0.4, 0.5) is 0 Å². The Kier molecular flexibility index (Phi) is 7.10. The van der Waals surface area contributed by atoms with Crippen LogP contribution in [0.15, 0.2) is 4.99 Å². The average molecular weight is 374 g/mol. The third-order valence-electron chi connectivity index (χ3n) is 5.52. The zero-order chi connectivity index (χ0) is 18.6. The van der Waals surface area contributed by atoms with Gasteiger partial charge in [0.2, 0.25) is 10.0 Å². The molecule has 2 fully saturated rings. The van der Waals surface area contributed by atoms with Crippen molar-refractivity contribution in [3.8, 4) is 0 Å². The summed E-state index contributed by atoms with van der Waals surface area (Å²) < 4.78 is 24.7. The van der Waals surface area contributed by atoms with Gasteiger partial charge in [-0.3, -0.25) is 9.89 Å². The fourth-order valence-corrected chi connectivity index (χ4v) is 4.54. The molecular formula is C17H35N5O2S. The summed E-state index contributed by atoms with van der Waals surface area (Å²) in [7, 11) is -1.24. The molecule has 2 aliphatic heterocycles. The van der Waals surface area contributed by atoms with E-state index in [1.807, 2.05) is 0 Å². The molecule has 2 unspecified atom stereocenters. The molecular weight excluding hydrogens is 338 g/mol. The molecule has 0 aromatic rings. The van der Waals surface area contributed by atoms with Gasteiger partial charge >= 0.3 is 0 Å². The molecule has 0 spiro atoms. The smallest absolute Gasteiger partial charge is 0.211 e. The molecule has 25 heavy (non-hydrogen) atoms. The molecule has 8 heteroatoms. The molecule has 146 valence electrons. The maximum atomic E-state index is 11.6. The summed E-state index contributed by atoms with van der Waals surface area (Å²) in [5, 5.41) is 7.00. The Morgan fingerprint density at radius 3 is 2.36 bits per heavy atom. The maximum absolute atomic E-state index is 11.6. The maximum Gasteiger partial charge on any atom is 0.211 e. The third kappa shape index (κ3) is 5.82. The van der Waals surface area contributed by atoms with Crippen molar-refractivity contribution in [2.24, 2.45) is 16.8 Å². The Balaban J connectivity index is 1.76. The Morgan fingerprint density at radius 1 is 1.24 bits per heavy atom. The van der Waals surface area contributed by atoms with Crippen LogP contribution in [0.2, 0.25) is 0 Å². The van der Waals surface area contributed by atoms with Gasteiger partial charge in [-0.15, -0.1) is 0 Å². The largest absolute Gasteiger partial charge is 0.356 e. The molecule has 2 atom stereocenters. The molecule has 2 saturated heterocycles. The van der Waals surface area contributed by atoms with E-state index in [9.17, 15) is 8.42 Å². The molecule has 0 aromatic carbocycles. The summed E-state index contributed by atoms with van der Waals surface area (Å²) in [6, 6.07) is 0.991. The Bertz CT molecular complexity index is 555. The quantitative estimate of drug-likeness (QED) is 0.544. The minimum absolute atomic E-state index is 0.417. The summed E-state index contributed by atoms with van der Waals surface area (Å²) in [5.41, 5.74) is 0. The van der Waals surface area contributed by atoms with Gasteiger partial charge in [-0.25, -0.2) is 12.7 Å². The lowest BCUT2D eigenvalue weighted by Crippen LogP contribution is -2.48. The molecule has 0 saturated carbocycles. The van der Waals surface area contributed by atoms with E-state index in [0.29, 0.717) is 37.0 Å². The number of piperidine rings is 1. The molecule has 2 heterocycles. The van der Waals surface area contributed by atoms with Gasteiger partial charge < -0.3 is 10.6 Å². The van der Waals surface area contributed by atoms with Crippen LogP contribution < -0.4 is 10.6 Å². The monoisotopic (exact) mass is 373 g/mol. The zero-order valence-electron chi connectivity index (χ0n) is 16.3. The van der Waals surface area contributed by atoms with E-state index in [1.54, 1.807) is 11.4 Å².